The van der Waals surface area contributed by atoms with Gasteiger partial charge in [0.1, 0.15) is 5.75 Å². The van der Waals surface area contributed by atoms with Gasteiger partial charge in [0.2, 0.25) is 0 Å². The highest BCUT2D eigenvalue weighted by Gasteiger charge is 2.42. The Morgan fingerprint density at radius 1 is 1.16 bits per heavy atom. The summed E-state index contributed by atoms with van der Waals surface area (Å²) in [5.41, 5.74) is 4.87. The summed E-state index contributed by atoms with van der Waals surface area (Å²) in [4.78, 5) is 18.5. The third-order valence-corrected chi connectivity index (χ3v) is 6.97. The van der Waals surface area contributed by atoms with Crippen molar-refractivity contribution >= 4 is 16.9 Å². The van der Waals surface area contributed by atoms with Crippen LogP contribution in [-0.4, -0.2) is 42.7 Å². The largest absolute Gasteiger partial charge is 0.497 e. The van der Waals surface area contributed by atoms with Gasteiger partial charge in [-0.25, -0.2) is 4.79 Å². The van der Waals surface area contributed by atoms with Crippen LogP contribution in [0.15, 0.2) is 48.5 Å². The minimum Gasteiger partial charge on any atom is -0.497 e. The molecule has 162 valence electrons. The summed E-state index contributed by atoms with van der Waals surface area (Å²) >= 11 is 0. The highest BCUT2D eigenvalue weighted by Crippen LogP contribution is 2.40. The fourth-order valence-electron chi connectivity index (χ4n) is 5.16. The zero-order valence-electron chi connectivity index (χ0n) is 18.2. The number of piperidine rings is 1. The molecule has 5 rings (SSSR count). The van der Waals surface area contributed by atoms with E-state index in [0.717, 1.165) is 55.7 Å². The van der Waals surface area contributed by atoms with Crippen molar-refractivity contribution in [3.8, 4) is 5.75 Å². The van der Waals surface area contributed by atoms with Gasteiger partial charge in [0.05, 0.1) is 18.7 Å². The van der Waals surface area contributed by atoms with Crippen LogP contribution in [0, 0.1) is 0 Å². The van der Waals surface area contributed by atoms with Gasteiger partial charge in [-0.05, 0) is 55.5 Å². The number of ether oxygens (including phenoxy) is 1. The first-order chi connectivity index (χ1) is 15.1. The summed E-state index contributed by atoms with van der Waals surface area (Å²) in [7, 11) is 1.71. The van der Waals surface area contributed by atoms with Gasteiger partial charge in [0, 0.05) is 36.2 Å². The predicted molar refractivity (Wildman–Crippen MR) is 122 cm³/mol. The molecular formula is C25H30N4O2. The fraction of sp³-hybridized carbons (Fsp3) is 0.400. The lowest BCUT2D eigenvalue weighted by molar-refractivity contribution is 0.133. The number of amides is 2. The molecular weight excluding hydrogens is 388 g/mol. The number of methoxy groups -OCH3 is 1. The average molecular weight is 419 g/mol. The van der Waals surface area contributed by atoms with E-state index >= 15 is 0 Å². The number of aromatic amines is 1. The molecule has 3 aromatic rings. The first-order valence-corrected chi connectivity index (χ1v) is 11.1. The van der Waals surface area contributed by atoms with Gasteiger partial charge >= 0.3 is 6.03 Å². The lowest BCUT2D eigenvalue weighted by Gasteiger charge is -2.45. The normalized spacial score (nSPS) is 18.6. The third kappa shape index (κ3) is 3.55. The molecule has 1 atom stereocenters. The van der Waals surface area contributed by atoms with Crippen molar-refractivity contribution in [1.82, 2.24) is 20.5 Å². The molecule has 2 aliphatic heterocycles. The zero-order valence-corrected chi connectivity index (χ0v) is 18.2. The smallest absolute Gasteiger partial charge is 0.317 e. The topological polar surface area (TPSA) is 69.4 Å². The van der Waals surface area contributed by atoms with Gasteiger partial charge < -0.3 is 25.3 Å². The van der Waals surface area contributed by atoms with E-state index in [-0.39, 0.29) is 17.6 Å². The number of likely N-dealkylation sites (tertiary alicyclic amines) is 1. The van der Waals surface area contributed by atoms with E-state index in [1.54, 1.807) is 7.11 Å². The molecule has 0 bridgehead atoms. The number of urea groups is 1. The first kappa shape index (κ1) is 19.9. The summed E-state index contributed by atoms with van der Waals surface area (Å²) in [6, 6.07) is 16.4. The van der Waals surface area contributed by atoms with Crippen LogP contribution in [0.1, 0.15) is 42.6 Å². The molecule has 6 heteroatoms. The van der Waals surface area contributed by atoms with Crippen LogP contribution in [0.25, 0.3) is 10.9 Å². The molecule has 1 aromatic heterocycles. The first-order valence-electron chi connectivity index (χ1n) is 11.1. The predicted octanol–water partition coefficient (Wildman–Crippen LogP) is 4.08. The Kier molecular flexibility index (Phi) is 5.10. The number of nitrogens with zero attached hydrogens (tertiary/aromatic N) is 1. The molecule has 31 heavy (non-hydrogen) atoms. The maximum atomic E-state index is 12.9. The molecule has 1 spiro atoms. The lowest BCUT2D eigenvalue weighted by Crippen LogP contribution is -2.56. The van der Waals surface area contributed by atoms with E-state index in [2.05, 4.69) is 39.9 Å². The van der Waals surface area contributed by atoms with Crippen molar-refractivity contribution in [2.75, 3.05) is 26.7 Å². The summed E-state index contributed by atoms with van der Waals surface area (Å²) in [6.45, 7) is 4.46. The number of aromatic nitrogens is 1. The second-order valence-electron chi connectivity index (χ2n) is 8.72. The van der Waals surface area contributed by atoms with Crippen LogP contribution >= 0.6 is 0 Å². The summed E-state index contributed by atoms with van der Waals surface area (Å²) < 4.78 is 5.44. The molecule has 1 fully saturated rings. The molecule has 6 nitrogen and oxygen atoms in total. The van der Waals surface area contributed by atoms with Crippen molar-refractivity contribution < 1.29 is 9.53 Å². The van der Waals surface area contributed by atoms with Gasteiger partial charge in [-0.1, -0.05) is 30.3 Å². The highest BCUT2D eigenvalue weighted by molar-refractivity contribution is 5.87. The van der Waals surface area contributed by atoms with E-state index in [4.69, 9.17) is 4.74 Å². The van der Waals surface area contributed by atoms with E-state index in [1.807, 2.05) is 36.1 Å². The average Bonchev–Trinajstić information content (AvgIpc) is 3.19. The van der Waals surface area contributed by atoms with Crippen LogP contribution in [0.2, 0.25) is 0 Å². The number of carbonyl (C=O) groups is 1. The van der Waals surface area contributed by atoms with Crippen LogP contribution in [-0.2, 0) is 12.0 Å². The minimum atomic E-state index is -0.0956. The number of H-pyrrole nitrogens is 1. The van der Waals surface area contributed by atoms with E-state index in [9.17, 15) is 4.79 Å². The van der Waals surface area contributed by atoms with Gasteiger partial charge in [-0.2, -0.15) is 0 Å². The van der Waals surface area contributed by atoms with Crippen molar-refractivity contribution in [2.24, 2.45) is 0 Å². The molecule has 3 N–H and O–H groups in total. The number of rotatable bonds is 3. The fourth-order valence-corrected chi connectivity index (χ4v) is 5.16. The Morgan fingerprint density at radius 3 is 2.68 bits per heavy atom. The quantitative estimate of drug-likeness (QED) is 0.600. The number of nitrogens with one attached hydrogen (secondary N) is 3. The van der Waals surface area contributed by atoms with Crippen molar-refractivity contribution in [1.29, 1.82) is 0 Å². The monoisotopic (exact) mass is 418 g/mol. The molecule has 0 aliphatic carbocycles. The minimum absolute atomic E-state index is 0.00678. The number of benzene rings is 2. The van der Waals surface area contributed by atoms with Crippen molar-refractivity contribution in [3.63, 3.8) is 0 Å². The third-order valence-electron chi connectivity index (χ3n) is 6.97. The Balaban J connectivity index is 1.32. The second kappa shape index (κ2) is 7.93. The highest BCUT2D eigenvalue weighted by atomic mass is 16.5. The molecule has 0 saturated carbocycles. The van der Waals surface area contributed by atoms with Gasteiger partial charge in [0.15, 0.2) is 0 Å². The molecule has 2 aliphatic rings. The Labute approximate surface area is 183 Å². The number of hydrogen-bond donors (Lipinski definition) is 3. The summed E-state index contributed by atoms with van der Waals surface area (Å²) in [5.74, 6) is 0.890. The second-order valence-corrected chi connectivity index (χ2v) is 8.72. The Bertz CT molecular complexity index is 1080. The molecule has 1 saturated heterocycles. The van der Waals surface area contributed by atoms with Gasteiger partial charge in [0.25, 0.3) is 0 Å². The number of hydrogen-bond acceptors (Lipinski definition) is 3. The molecule has 0 unspecified atom stereocenters. The van der Waals surface area contributed by atoms with Crippen LogP contribution < -0.4 is 15.4 Å². The Hall–Kier alpha value is -2.99. The van der Waals surface area contributed by atoms with Crippen LogP contribution in [0.3, 0.4) is 0 Å². The maximum absolute atomic E-state index is 12.9. The summed E-state index contributed by atoms with van der Waals surface area (Å²) in [6.07, 6.45) is 2.80. The maximum Gasteiger partial charge on any atom is 0.317 e. The number of fused-ring (bicyclic) bond motifs is 4. The van der Waals surface area contributed by atoms with Gasteiger partial charge in [-0.3, -0.25) is 0 Å². The van der Waals surface area contributed by atoms with Crippen LogP contribution in [0.4, 0.5) is 4.79 Å². The SMILES string of the molecule is COc1ccc2[nH]c3c(c2c1)CCNC31CCN(C(=O)N[C@@H](C)c2ccccc2)CC1. The molecule has 2 aromatic carbocycles. The molecule has 0 radical (unpaired) electrons. The van der Waals surface area contributed by atoms with Crippen molar-refractivity contribution in [3.05, 3.63) is 65.4 Å². The van der Waals surface area contributed by atoms with E-state index in [1.165, 1.54) is 16.6 Å². The van der Waals surface area contributed by atoms with E-state index in [0.29, 0.717) is 0 Å². The Morgan fingerprint density at radius 2 is 1.94 bits per heavy atom. The zero-order chi connectivity index (χ0) is 21.4. The molecule has 2 amide bonds. The van der Waals surface area contributed by atoms with Gasteiger partial charge in [-0.15, -0.1) is 0 Å². The van der Waals surface area contributed by atoms with Crippen LogP contribution in [0.5, 0.6) is 5.75 Å². The number of carbonyl (C=O) groups excluding carboxylic acids is 1. The van der Waals surface area contributed by atoms with Crippen molar-refractivity contribution in [2.45, 2.75) is 37.8 Å². The summed E-state index contributed by atoms with van der Waals surface area (Å²) in [5, 5.41) is 8.20. The van der Waals surface area contributed by atoms with E-state index < -0.39 is 0 Å². The lowest BCUT2D eigenvalue weighted by atomic mass is 9.79. The standard InChI is InChI=1S/C25H30N4O2/c1-17(18-6-4-3-5-7-18)27-24(30)29-14-11-25(12-15-29)23-20(10-13-26-25)21-16-19(31-2)8-9-22(21)28-23/h3-9,16-17,26,28H,10-15H2,1-2H3,(H,27,30)/t17-/m0/s1. The molecule has 3 heterocycles.